The molecule has 1 aliphatic rings. The molecule has 114 valence electrons. The Hall–Kier alpha value is -1.98. The fourth-order valence-electron chi connectivity index (χ4n) is 2.37. The summed E-state index contributed by atoms with van der Waals surface area (Å²) in [7, 11) is 0. The van der Waals surface area contributed by atoms with Gasteiger partial charge in [0.15, 0.2) is 0 Å². The van der Waals surface area contributed by atoms with Gasteiger partial charge in [-0.1, -0.05) is 18.2 Å². The summed E-state index contributed by atoms with van der Waals surface area (Å²) in [4.78, 5) is 15.1. The molecule has 22 heavy (non-hydrogen) atoms. The lowest BCUT2D eigenvalue weighted by Gasteiger charge is -2.32. The number of benzene rings is 1. The van der Waals surface area contributed by atoms with Gasteiger partial charge in [0.25, 0.3) is 0 Å². The van der Waals surface area contributed by atoms with Crippen LogP contribution in [0.25, 0.3) is 6.08 Å². The topological polar surface area (TPSA) is 29.5 Å². The molecular formula is C17H16FNO2S. The molecule has 1 amide bonds. The second-order valence-corrected chi connectivity index (χ2v) is 6.02. The summed E-state index contributed by atoms with van der Waals surface area (Å²) in [5.41, 5.74) is 0.890. The zero-order valence-electron chi connectivity index (χ0n) is 11.9. The monoisotopic (exact) mass is 317 g/mol. The molecule has 1 saturated heterocycles. The van der Waals surface area contributed by atoms with Crippen LogP contribution in [0.15, 0.2) is 47.9 Å². The van der Waals surface area contributed by atoms with Crippen LogP contribution in [0.4, 0.5) is 4.39 Å². The Labute approximate surface area is 132 Å². The summed E-state index contributed by atoms with van der Waals surface area (Å²) in [6.07, 6.45) is 3.22. The van der Waals surface area contributed by atoms with Crippen LogP contribution in [-0.4, -0.2) is 30.5 Å². The van der Waals surface area contributed by atoms with Crippen molar-refractivity contribution >= 4 is 23.3 Å². The number of carbonyl (C=O) groups excluding carboxylic acids is 1. The highest BCUT2D eigenvalue weighted by molar-refractivity contribution is 7.10. The Bertz CT molecular complexity index is 652. The number of ether oxygens (including phenoxy) is 1. The van der Waals surface area contributed by atoms with Crippen LogP contribution in [0, 0.1) is 5.82 Å². The van der Waals surface area contributed by atoms with Gasteiger partial charge in [0.05, 0.1) is 13.2 Å². The van der Waals surface area contributed by atoms with Crippen molar-refractivity contribution in [2.45, 2.75) is 6.10 Å². The molecule has 0 N–H and O–H groups in total. The lowest BCUT2D eigenvalue weighted by molar-refractivity contribution is -0.133. The van der Waals surface area contributed by atoms with Crippen molar-refractivity contribution in [3.05, 3.63) is 64.1 Å². The molecule has 2 aromatic rings. The second-order valence-electron chi connectivity index (χ2n) is 5.04. The molecule has 1 aromatic carbocycles. The standard InChI is InChI=1S/C17H16FNO2S/c18-14-5-3-13(4-6-14)16-12-19(9-10-21-16)17(20)8-7-15-2-1-11-22-15/h1-8,11,16H,9-10,12H2/b8-7+. The molecule has 1 aromatic heterocycles. The largest absolute Gasteiger partial charge is 0.370 e. The van der Waals surface area contributed by atoms with E-state index in [0.717, 1.165) is 10.4 Å². The normalized spacial score (nSPS) is 18.8. The van der Waals surface area contributed by atoms with Crippen molar-refractivity contribution in [3.8, 4) is 0 Å². The Kier molecular flexibility index (Phi) is 4.65. The van der Waals surface area contributed by atoms with Crippen LogP contribution in [0.5, 0.6) is 0 Å². The number of nitrogens with zero attached hydrogens (tertiary/aromatic N) is 1. The average Bonchev–Trinajstić information content (AvgIpc) is 3.07. The van der Waals surface area contributed by atoms with Crippen molar-refractivity contribution in [3.63, 3.8) is 0 Å². The first-order valence-electron chi connectivity index (χ1n) is 7.10. The first-order valence-corrected chi connectivity index (χ1v) is 7.98. The smallest absolute Gasteiger partial charge is 0.246 e. The zero-order chi connectivity index (χ0) is 15.4. The number of hydrogen-bond acceptors (Lipinski definition) is 3. The van der Waals surface area contributed by atoms with Crippen LogP contribution >= 0.6 is 11.3 Å². The number of morpholine rings is 1. The van der Waals surface area contributed by atoms with E-state index in [0.29, 0.717) is 19.7 Å². The Morgan fingerprint density at radius 2 is 2.14 bits per heavy atom. The molecule has 1 aliphatic heterocycles. The summed E-state index contributed by atoms with van der Waals surface area (Å²) in [6.45, 7) is 1.55. The number of amides is 1. The highest BCUT2D eigenvalue weighted by Crippen LogP contribution is 2.22. The van der Waals surface area contributed by atoms with Crippen molar-refractivity contribution in [1.29, 1.82) is 0 Å². The molecule has 0 aliphatic carbocycles. The van der Waals surface area contributed by atoms with E-state index in [2.05, 4.69) is 0 Å². The fourth-order valence-corrected chi connectivity index (χ4v) is 2.99. The van der Waals surface area contributed by atoms with E-state index in [4.69, 9.17) is 4.74 Å². The van der Waals surface area contributed by atoms with Crippen LogP contribution in [0.3, 0.4) is 0 Å². The number of thiophene rings is 1. The Morgan fingerprint density at radius 1 is 1.32 bits per heavy atom. The van der Waals surface area contributed by atoms with Gasteiger partial charge in [0.2, 0.25) is 5.91 Å². The third-order valence-corrected chi connectivity index (χ3v) is 4.39. The molecule has 1 atom stereocenters. The van der Waals surface area contributed by atoms with Crippen LogP contribution in [-0.2, 0) is 9.53 Å². The van der Waals surface area contributed by atoms with Crippen LogP contribution < -0.4 is 0 Å². The predicted molar refractivity (Wildman–Crippen MR) is 85.0 cm³/mol. The van der Waals surface area contributed by atoms with Gasteiger partial charge in [-0.15, -0.1) is 11.3 Å². The molecular weight excluding hydrogens is 301 g/mol. The SMILES string of the molecule is O=C(/C=C/c1cccs1)N1CCOC(c2ccc(F)cc2)C1. The van der Waals surface area contributed by atoms with E-state index in [9.17, 15) is 9.18 Å². The number of rotatable bonds is 3. The van der Waals surface area contributed by atoms with E-state index in [1.165, 1.54) is 12.1 Å². The molecule has 3 rings (SSSR count). The Balaban J connectivity index is 1.65. The van der Waals surface area contributed by atoms with Gasteiger partial charge in [-0.2, -0.15) is 0 Å². The minimum absolute atomic E-state index is 0.0242. The van der Waals surface area contributed by atoms with Crippen molar-refractivity contribution < 1.29 is 13.9 Å². The molecule has 2 heterocycles. The van der Waals surface area contributed by atoms with E-state index in [1.54, 1.807) is 34.4 Å². The maximum atomic E-state index is 13.0. The van der Waals surface area contributed by atoms with E-state index >= 15 is 0 Å². The van der Waals surface area contributed by atoms with Gasteiger partial charge in [-0.05, 0) is 35.2 Å². The van der Waals surface area contributed by atoms with E-state index in [1.807, 2.05) is 23.6 Å². The van der Waals surface area contributed by atoms with Gasteiger partial charge in [-0.25, -0.2) is 4.39 Å². The van der Waals surface area contributed by atoms with Gasteiger partial charge < -0.3 is 9.64 Å². The highest BCUT2D eigenvalue weighted by Gasteiger charge is 2.24. The average molecular weight is 317 g/mol. The lowest BCUT2D eigenvalue weighted by atomic mass is 10.1. The maximum Gasteiger partial charge on any atom is 0.246 e. The number of carbonyl (C=O) groups is 1. The zero-order valence-corrected chi connectivity index (χ0v) is 12.8. The first-order chi connectivity index (χ1) is 10.7. The fraction of sp³-hybridized carbons (Fsp3) is 0.235. The third-order valence-electron chi connectivity index (χ3n) is 3.55. The third kappa shape index (κ3) is 3.61. The molecule has 0 radical (unpaired) electrons. The maximum absolute atomic E-state index is 13.0. The van der Waals surface area contributed by atoms with Crippen molar-refractivity contribution in [1.82, 2.24) is 4.90 Å². The van der Waals surface area contributed by atoms with E-state index in [-0.39, 0.29) is 17.8 Å². The van der Waals surface area contributed by atoms with Gasteiger partial charge in [-0.3, -0.25) is 4.79 Å². The number of hydrogen-bond donors (Lipinski definition) is 0. The van der Waals surface area contributed by atoms with Gasteiger partial charge in [0, 0.05) is 17.5 Å². The molecule has 1 fully saturated rings. The molecule has 3 nitrogen and oxygen atoms in total. The predicted octanol–water partition coefficient (Wildman–Crippen LogP) is 3.50. The highest BCUT2D eigenvalue weighted by atomic mass is 32.1. The molecule has 1 unspecified atom stereocenters. The second kappa shape index (κ2) is 6.85. The minimum Gasteiger partial charge on any atom is -0.370 e. The van der Waals surface area contributed by atoms with Crippen LogP contribution in [0.1, 0.15) is 16.5 Å². The van der Waals surface area contributed by atoms with Gasteiger partial charge in [0.1, 0.15) is 11.9 Å². The first kappa shape index (κ1) is 14.9. The summed E-state index contributed by atoms with van der Waals surface area (Å²) < 4.78 is 18.7. The van der Waals surface area contributed by atoms with E-state index < -0.39 is 0 Å². The van der Waals surface area contributed by atoms with Crippen LogP contribution in [0.2, 0.25) is 0 Å². The molecule has 0 bridgehead atoms. The van der Waals surface area contributed by atoms with Crippen molar-refractivity contribution in [2.24, 2.45) is 0 Å². The van der Waals surface area contributed by atoms with Crippen molar-refractivity contribution in [2.75, 3.05) is 19.7 Å². The molecule has 5 heteroatoms. The summed E-state index contributed by atoms with van der Waals surface area (Å²) >= 11 is 1.59. The molecule has 0 spiro atoms. The summed E-state index contributed by atoms with van der Waals surface area (Å²) in [5, 5.41) is 1.98. The van der Waals surface area contributed by atoms with Gasteiger partial charge >= 0.3 is 0 Å². The quantitative estimate of drug-likeness (QED) is 0.811. The summed E-state index contributed by atoms with van der Waals surface area (Å²) in [5.74, 6) is -0.296. The molecule has 0 saturated carbocycles. The summed E-state index contributed by atoms with van der Waals surface area (Å²) in [6, 6.07) is 10.2. The minimum atomic E-state index is -0.272. The lowest BCUT2D eigenvalue weighted by Crippen LogP contribution is -2.41. The Morgan fingerprint density at radius 3 is 2.86 bits per heavy atom. The number of halogens is 1.